The number of methoxy groups -OCH3 is 1. The summed E-state index contributed by atoms with van der Waals surface area (Å²) in [4.78, 5) is 0.183. The van der Waals surface area contributed by atoms with Crippen LogP contribution in [0.4, 0.5) is 5.69 Å². The van der Waals surface area contributed by atoms with Gasteiger partial charge in [0.2, 0.25) is 0 Å². The molecule has 0 radical (unpaired) electrons. The molecule has 28 heavy (non-hydrogen) atoms. The van der Waals surface area contributed by atoms with Crippen molar-refractivity contribution >= 4 is 32.3 Å². The highest BCUT2D eigenvalue weighted by molar-refractivity contribution is 7.93. The minimum absolute atomic E-state index is 0.183. The van der Waals surface area contributed by atoms with E-state index in [-0.39, 0.29) is 4.90 Å². The van der Waals surface area contributed by atoms with Crippen molar-refractivity contribution in [2.24, 2.45) is 0 Å². The lowest BCUT2D eigenvalue weighted by atomic mass is 10.2. The molecule has 6 heteroatoms. The van der Waals surface area contributed by atoms with E-state index in [0.29, 0.717) is 16.5 Å². The van der Waals surface area contributed by atoms with Crippen LogP contribution in [0.3, 0.4) is 0 Å². The summed E-state index contributed by atoms with van der Waals surface area (Å²) in [5.41, 5.74) is 2.16. The summed E-state index contributed by atoms with van der Waals surface area (Å²) in [6, 6.07) is 22.7. The Morgan fingerprint density at radius 1 is 0.929 bits per heavy atom. The second-order valence-corrected chi connectivity index (χ2v) is 8.38. The highest BCUT2D eigenvalue weighted by atomic mass is 35.5. The number of nitrogens with zero attached hydrogens (tertiary/aromatic N) is 1. The summed E-state index contributed by atoms with van der Waals surface area (Å²) in [7, 11) is -2.30. The first kappa shape index (κ1) is 20.0. The molecule has 0 bridgehead atoms. The van der Waals surface area contributed by atoms with Gasteiger partial charge in [-0.1, -0.05) is 59.6 Å². The molecule has 144 valence electrons. The maximum Gasteiger partial charge on any atom is 0.268 e. The highest BCUT2D eigenvalue weighted by Gasteiger charge is 2.24. The Kier molecular flexibility index (Phi) is 6.07. The van der Waals surface area contributed by atoms with Gasteiger partial charge in [-0.05, 0) is 48.9 Å². The van der Waals surface area contributed by atoms with Crippen molar-refractivity contribution in [3.05, 3.63) is 96.2 Å². The van der Waals surface area contributed by atoms with Crippen LogP contribution >= 0.6 is 11.6 Å². The minimum Gasteiger partial charge on any atom is -0.497 e. The second-order valence-electron chi connectivity index (χ2n) is 6.16. The molecule has 0 saturated heterocycles. The Labute approximate surface area is 170 Å². The smallest absolute Gasteiger partial charge is 0.268 e. The van der Waals surface area contributed by atoms with E-state index in [4.69, 9.17) is 16.3 Å². The lowest BCUT2D eigenvalue weighted by molar-refractivity contribution is 0.415. The van der Waals surface area contributed by atoms with Gasteiger partial charge in [0.15, 0.2) is 0 Å². The van der Waals surface area contributed by atoms with Gasteiger partial charge in [0, 0.05) is 6.20 Å². The molecule has 0 aliphatic rings. The van der Waals surface area contributed by atoms with Crippen LogP contribution < -0.4 is 9.04 Å². The van der Waals surface area contributed by atoms with Gasteiger partial charge in [-0.25, -0.2) is 12.7 Å². The van der Waals surface area contributed by atoms with Gasteiger partial charge < -0.3 is 4.74 Å². The molecule has 0 N–H and O–H groups in total. The number of benzene rings is 3. The fraction of sp³-hybridized carbons (Fsp3) is 0.0909. The Morgan fingerprint density at radius 2 is 1.54 bits per heavy atom. The monoisotopic (exact) mass is 413 g/mol. The molecule has 0 aliphatic carbocycles. The molecule has 0 unspecified atom stereocenters. The van der Waals surface area contributed by atoms with Crippen LogP contribution in [0.15, 0.2) is 90.0 Å². The maximum atomic E-state index is 13.4. The Balaban J connectivity index is 2.12. The Hall–Kier alpha value is -2.76. The number of sulfonamides is 1. The molecule has 0 aromatic heterocycles. The summed E-state index contributed by atoms with van der Waals surface area (Å²) in [6.45, 7) is 1.91. The molecule has 3 aromatic rings. The third kappa shape index (κ3) is 4.38. The van der Waals surface area contributed by atoms with Crippen LogP contribution in [0.1, 0.15) is 11.1 Å². The number of rotatable bonds is 6. The quantitative estimate of drug-likeness (QED) is 0.540. The van der Waals surface area contributed by atoms with Gasteiger partial charge in [0.05, 0.1) is 22.7 Å². The third-order valence-corrected chi connectivity index (χ3v) is 6.20. The Morgan fingerprint density at radius 3 is 2.11 bits per heavy atom. The molecule has 4 nitrogen and oxygen atoms in total. The zero-order valence-corrected chi connectivity index (χ0v) is 17.1. The number of anilines is 1. The van der Waals surface area contributed by atoms with Crippen molar-refractivity contribution in [2.75, 3.05) is 11.4 Å². The first-order valence-electron chi connectivity index (χ1n) is 8.60. The molecular formula is C22H20ClNO3S. The molecule has 0 saturated carbocycles. The van der Waals surface area contributed by atoms with E-state index in [2.05, 4.69) is 0 Å². The predicted octanol–water partition coefficient (Wildman–Crippen LogP) is 5.44. The summed E-state index contributed by atoms with van der Waals surface area (Å²) in [6.07, 6.45) is 1.42. The first-order chi connectivity index (χ1) is 13.4. The lowest BCUT2D eigenvalue weighted by Crippen LogP contribution is -2.26. The van der Waals surface area contributed by atoms with E-state index in [1.165, 1.54) is 10.5 Å². The topological polar surface area (TPSA) is 46.6 Å². The first-order valence-corrected chi connectivity index (χ1v) is 10.4. The maximum absolute atomic E-state index is 13.4. The Bertz CT molecular complexity index is 1060. The van der Waals surface area contributed by atoms with Crippen molar-refractivity contribution in [1.29, 1.82) is 0 Å². The number of hydrogen-bond donors (Lipinski definition) is 0. The van der Waals surface area contributed by atoms with E-state index in [9.17, 15) is 8.42 Å². The average molecular weight is 414 g/mol. The lowest BCUT2D eigenvalue weighted by Gasteiger charge is -2.22. The molecule has 0 atom stereocenters. The average Bonchev–Trinajstić information content (AvgIpc) is 2.73. The van der Waals surface area contributed by atoms with E-state index >= 15 is 0 Å². The SMILES string of the molecule is COc1ccc(N(/C=C(/Cl)c2ccccc2)S(=O)(=O)c2ccc(C)cc2)cc1. The normalized spacial score (nSPS) is 11.9. The van der Waals surface area contributed by atoms with Gasteiger partial charge >= 0.3 is 0 Å². The number of hydrogen-bond acceptors (Lipinski definition) is 3. The number of aryl methyl sites for hydroxylation is 1. The molecular weight excluding hydrogens is 394 g/mol. The van der Waals surface area contributed by atoms with Gasteiger partial charge in [-0.2, -0.15) is 0 Å². The number of ether oxygens (including phenoxy) is 1. The standard InChI is InChI=1S/C22H20ClNO3S/c1-17-8-14-21(15-9-17)28(25,26)24(19-10-12-20(27-2)13-11-19)16-22(23)18-6-4-3-5-7-18/h3-16H,1-2H3/b22-16+. The fourth-order valence-electron chi connectivity index (χ4n) is 2.61. The van der Waals surface area contributed by atoms with Gasteiger partial charge in [-0.15, -0.1) is 0 Å². The van der Waals surface area contributed by atoms with Crippen LogP contribution in [0.2, 0.25) is 0 Å². The van der Waals surface area contributed by atoms with Crippen LogP contribution in [0.25, 0.3) is 5.03 Å². The van der Waals surface area contributed by atoms with E-state index < -0.39 is 10.0 Å². The molecule has 0 heterocycles. The van der Waals surface area contributed by atoms with Crippen LogP contribution in [0.5, 0.6) is 5.75 Å². The van der Waals surface area contributed by atoms with Crippen molar-refractivity contribution in [2.45, 2.75) is 11.8 Å². The van der Waals surface area contributed by atoms with Gasteiger partial charge in [-0.3, -0.25) is 0 Å². The zero-order chi connectivity index (χ0) is 20.1. The van der Waals surface area contributed by atoms with Gasteiger partial charge in [0.1, 0.15) is 5.75 Å². The molecule has 3 aromatic carbocycles. The van der Waals surface area contributed by atoms with Crippen molar-refractivity contribution < 1.29 is 13.2 Å². The molecule has 0 spiro atoms. The summed E-state index contributed by atoms with van der Waals surface area (Å²) in [5, 5.41) is 0.312. The zero-order valence-electron chi connectivity index (χ0n) is 15.5. The van der Waals surface area contributed by atoms with Crippen LogP contribution in [-0.2, 0) is 10.0 Å². The summed E-state index contributed by atoms with van der Waals surface area (Å²) in [5.74, 6) is 0.634. The number of halogens is 1. The fourth-order valence-corrected chi connectivity index (χ4v) is 4.24. The molecule has 3 rings (SSSR count). The largest absolute Gasteiger partial charge is 0.497 e. The van der Waals surface area contributed by atoms with Crippen LogP contribution in [0, 0.1) is 6.92 Å². The highest BCUT2D eigenvalue weighted by Crippen LogP contribution is 2.29. The molecule has 0 amide bonds. The molecule has 0 aliphatic heterocycles. The van der Waals surface area contributed by atoms with Crippen molar-refractivity contribution in [1.82, 2.24) is 0 Å². The van der Waals surface area contributed by atoms with E-state index in [0.717, 1.165) is 11.1 Å². The predicted molar refractivity (Wildman–Crippen MR) is 114 cm³/mol. The summed E-state index contributed by atoms with van der Waals surface area (Å²) >= 11 is 6.46. The third-order valence-electron chi connectivity index (χ3n) is 4.18. The van der Waals surface area contributed by atoms with E-state index in [1.54, 1.807) is 55.6 Å². The van der Waals surface area contributed by atoms with E-state index in [1.807, 2.05) is 37.3 Å². The van der Waals surface area contributed by atoms with Crippen molar-refractivity contribution in [3.63, 3.8) is 0 Å². The van der Waals surface area contributed by atoms with Crippen molar-refractivity contribution in [3.8, 4) is 5.75 Å². The summed E-state index contributed by atoms with van der Waals surface area (Å²) < 4.78 is 33.1. The van der Waals surface area contributed by atoms with Gasteiger partial charge in [0.25, 0.3) is 10.0 Å². The van der Waals surface area contributed by atoms with Crippen LogP contribution in [-0.4, -0.2) is 15.5 Å². The second kappa shape index (κ2) is 8.50. The minimum atomic E-state index is -3.86. The molecule has 0 fully saturated rings.